The monoisotopic (exact) mass is 443 g/mol. The molecule has 1 amide bonds. The molecule has 1 fully saturated rings. The molecular formula is C24H33N3O5. The summed E-state index contributed by atoms with van der Waals surface area (Å²) in [4.78, 5) is 29.2. The molecule has 3 rings (SSSR count). The van der Waals surface area contributed by atoms with Crippen molar-refractivity contribution < 1.29 is 23.8 Å². The van der Waals surface area contributed by atoms with Crippen molar-refractivity contribution in [1.29, 1.82) is 5.26 Å². The third kappa shape index (κ3) is 4.68. The van der Waals surface area contributed by atoms with Crippen molar-refractivity contribution in [3.05, 3.63) is 23.3 Å². The Bertz CT molecular complexity index is 888. The summed E-state index contributed by atoms with van der Waals surface area (Å²) in [6, 6.07) is 5.92. The largest absolute Gasteiger partial charge is 0.493 e. The summed E-state index contributed by atoms with van der Waals surface area (Å²) in [7, 11) is 6.27. The van der Waals surface area contributed by atoms with Crippen LogP contribution in [0.1, 0.15) is 55.7 Å². The molecule has 1 atom stereocenters. The first-order valence-corrected chi connectivity index (χ1v) is 11.1. The summed E-state index contributed by atoms with van der Waals surface area (Å²) in [6.45, 7) is 0.749. The Balaban J connectivity index is 1.88. The van der Waals surface area contributed by atoms with Gasteiger partial charge in [-0.2, -0.15) is 5.26 Å². The number of methoxy groups -OCH3 is 3. The van der Waals surface area contributed by atoms with Crippen molar-refractivity contribution in [2.45, 2.75) is 56.5 Å². The molecule has 0 N–H and O–H groups in total. The molecule has 1 aromatic rings. The van der Waals surface area contributed by atoms with Crippen molar-refractivity contribution in [2.24, 2.45) is 0 Å². The minimum Gasteiger partial charge on any atom is -0.493 e. The van der Waals surface area contributed by atoms with E-state index in [1.165, 1.54) is 7.11 Å². The molecule has 0 aromatic heterocycles. The smallest absolute Gasteiger partial charge is 0.307 e. The number of carbonyl (C=O) groups excluding carboxylic acids is 2. The van der Waals surface area contributed by atoms with E-state index in [0.29, 0.717) is 37.3 Å². The number of ether oxygens (including phenoxy) is 3. The van der Waals surface area contributed by atoms with Gasteiger partial charge in [-0.1, -0.05) is 19.3 Å². The maximum Gasteiger partial charge on any atom is 0.307 e. The summed E-state index contributed by atoms with van der Waals surface area (Å²) >= 11 is 0. The fraction of sp³-hybridized carbons (Fsp3) is 0.625. The number of nitrogens with zero attached hydrogens (tertiary/aromatic N) is 3. The van der Waals surface area contributed by atoms with Gasteiger partial charge in [-0.25, -0.2) is 0 Å². The van der Waals surface area contributed by atoms with E-state index in [0.717, 1.165) is 30.4 Å². The summed E-state index contributed by atoms with van der Waals surface area (Å²) in [5, 5.41) is 9.86. The second kappa shape index (κ2) is 10.2. The molecule has 174 valence electrons. The van der Waals surface area contributed by atoms with Crippen LogP contribution in [0.4, 0.5) is 0 Å². The first kappa shape index (κ1) is 23.9. The SMILES string of the molecule is COC(=O)C[C@H]1c2cc(OC)c(OC)cc2CCN1CC(=O)N(C)C1(C#N)CCCCC1. The highest BCUT2D eigenvalue weighted by molar-refractivity contribution is 5.80. The van der Waals surface area contributed by atoms with Crippen LogP contribution in [0.3, 0.4) is 0 Å². The first-order chi connectivity index (χ1) is 15.4. The summed E-state index contributed by atoms with van der Waals surface area (Å²) in [5.41, 5.74) is 1.26. The van der Waals surface area contributed by atoms with E-state index in [1.54, 1.807) is 26.2 Å². The topological polar surface area (TPSA) is 92.1 Å². The van der Waals surface area contributed by atoms with E-state index < -0.39 is 5.54 Å². The molecule has 2 aliphatic rings. The third-order valence-corrected chi connectivity index (χ3v) is 6.94. The Morgan fingerprint density at radius 3 is 2.41 bits per heavy atom. The molecule has 8 nitrogen and oxygen atoms in total. The number of hydrogen-bond donors (Lipinski definition) is 0. The number of nitriles is 1. The minimum atomic E-state index is -0.739. The Kier molecular flexibility index (Phi) is 7.62. The van der Waals surface area contributed by atoms with Crippen LogP contribution < -0.4 is 9.47 Å². The quantitative estimate of drug-likeness (QED) is 0.598. The van der Waals surface area contributed by atoms with Crippen molar-refractivity contribution in [3.63, 3.8) is 0 Å². The van der Waals surface area contributed by atoms with Gasteiger partial charge in [0.25, 0.3) is 0 Å². The van der Waals surface area contributed by atoms with E-state index in [1.807, 2.05) is 17.0 Å². The van der Waals surface area contributed by atoms with Crippen molar-refractivity contribution in [3.8, 4) is 17.6 Å². The van der Waals surface area contributed by atoms with Crippen molar-refractivity contribution in [2.75, 3.05) is 41.5 Å². The van der Waals surface area contributed by atoms with E-state index in [4.69, 9.17) is 14.2 Å². The zero-order valence-electron chi connectivity index (χ0n) is 19.5. The van der Waals surface area contributed by atoms with Crippen LogP contribution in [-0.2, 0) is 20.7 Å². The fourth-order valence-corrected chi connectivity index (χ4v) is 4.93. The van der Waals surface area contributed by atoms with E-state index >= 15 is 0 Å². The van der Waals surface area contributed by atoms with Gasteiger partial charge in [0.15, 0.2) is 11.5 Å². The van der Waals surface area contributed by atoms with Crippen molar-refractivity contribution >= 4 is 11.9 Å². The summed E-state index contributed by atoms with van der Waals surface area (Å²) in [6.07, 6.45) is 5.26. The van der Waals surface area contributed by atoms with Gasteiger partial charge < -0.3 is 19.1 Å². The summed E-state index contributed by atoms with van der Waals surface area (Å²) in [5.74, 6) is 0.772. The van der Waals surface area contributed by atoms with Gasteiger partial charge in [0.05, 0.1) is 40.4 Å². The van der Waals surface area contributed by atoms with E-state index in [9.17, 15) is 14.9 Å². The number of rotatable bonds is 7. The van der Waals surface area contributed by atoms with E-state index in [2.05, 4.69) is 6.07 Å². The molecule has 1 aliphatic heterocycles. The minimum absolute atomic E-state index is 0.104. The molecule has 0 radical (unpaired) electrons. The molecule has 1 aliphatic carbocycles. The van der Waals surface area contributed by atoms with Crippen LogP contribution in [0.25, 0.3) is 0 Å². The molecule has 0 bridgehead atoms. The highest BCUT2D eigenvalue weighted by atomic mass is 16.5. The zero-order valence-corrected chi connectivity index (χ0v) is 19.5. The van der Waals surface area contributed by atoms with Crippen LogP contribution in [0.5, 0.6) is 11.5 Å². The van der Waals surface area contributed by atoms with Gasteiger partial charge in [-0.05, 0) is 42.5 Å². The predicted octanol–water partition coefficient (Wildman–Crippen LogP) is 2.85. The van der Waals surface area contributed by atoms with Gasteiger partial charge in [-0.3, -0.25) is 14.5 Å². The number of esters is 1. The lowest BCUT2D eigenvalue weighted by molar-refractivity contribution is -0.144. The average molecular weight is 444 g/mol. The molecule has 8 heteroatoms. The molecule has 0 saturated heterocycles. The number of likely N-dealkylation sites (N-methyl/N-ethyl adjacent to an activating group) is 1. The second-order valence-electron chi connectivity index (χ2n) is 8.58. The van der Waals surface area contributed by atoms with Crippen LogP contribution in [0.2, 0.25) is 0 Å². The van der Waals surface area contributed by atoms with Crippen LogP contribution in [0, 0.1) is 11.3 Å². The lowest BCUT2D eigenvalue weighted by Gasteiger charge is -2.42. The van der Waals surface area contributed by atoms with E-state index in [-0.39, 0.29) is 30.9 Å². The van der Waals surface area contributed by atoms with Gasteiger partial charge in [0, 0.05) is 19.6 Å². The molecular weight excluding hydrogens is 410 g/mol. The van der Waals surface area contributed by atoms with Gasteiger partial charge >= 0.3 is 5.97 Å². The third-order valence-electron chi connectivity index (χ3n) is 6.94. The average Bonchev–Trinajstić information content (AvgIpc) is 2.84. The Morgan fingerprint density at radius 1 is 1.16 bits per heavy atom. The molecule has 0 spiro atoms. The van der Waals surface area contributed by atoms with Crippen molar-refractivity contribution in [1.82, 2.24) is 9.80 Å². The Morgan fingerprint density at radius 2 is 1.81 bits per heavy atom. The molecule has 32 heavy (non-hydrogen) atoms. The molecule has 1 saturated carbocycles. The number of hydrogen-bond acceptors (Lipinski definition) is 7. The van der Waals surface area contributed by atoms with Crippen LogP contribution in [-0.4, -0.2) is 68.7 Å². The second-order valence-corrected chi connectivity index (χ2v) is 8.58. The highest BCUT2D eigenvalue weighted by Gasteiger charge is 2.40. The lowest BCUT2D eigenvalue weighted by Crippen LogP contribution is -2.53. The maximum atomic E-state index is 13.3. The predicted molar refractivity (Wildman–Crippen MR) is 118 cm³/mol. The normalized spacial score (nSPS) is 19.9. The first-order valence-electron chi connectivity index (χ1n) is 11.1. The number of carbonyl (C=O) groups is 2. The van der Waals surface area contributed by atoms with Crippen LogP contribution >= 0.6 is 0 Å². The number of fused-ring (bicyclic) bond motifs is 1. The van der Waals surface area contributed by atoms with Gasteiger partial charge in [0.1, 0.15) is 5.54 Å². The van der Waals surface area contributed by atoms with Crippen LogP contribution in [0.15, 0.2) is 12.1 Å². The summed E-state index contributed by atoms with van der Waals surface area (Å²) < 4.78 is 15.8. The maximum absolute atomic E-state index is 13.3. The number of amides is 1. The lowest BCUT2D eigenvalue weighted by atomic mass is 9.81. The number of benzene rings is 1. The Labute approximate surface area is 190 Å². The molecule has 1 aromatic carbocycles. The van der Waals surface area contributed by atoms with Gasteiger partial charge in [-0.15, -0.1) is 0 Å². The zero-order chi connectivity index (χ0) is 23.3. The fourth-order valence-electron chi connectivity index (χ4n) is 4.93. The Hall–Kier alpha value is -2.79. The highest BCUT2D eigenvalue weighted by Crippen LogP contribution is 2.40. The standard InChI is InChI=1S/C24H33N3O5/c1-26(24(16-25)9-6-5-7-10-24)22(28)15-27-11-8-17-12-20(30-2)21(31-3)13-18(17)19(27)14-23(29)32-4/h12-13,19H,5-11,14-15H2,1-4H3/t19-/m0/s1. The molecule has 1 heterocycles. The molecule has 0 unspecified atom stereocenters. The van der Waals surface area contributed by atoms with Gasteiger partial charge in [0.2, 0.25) is 5.91 Å².